The van der Waals surface area contributed by atoms with Gasteiger partial charge >= 0.3 is 6.16 Å². The Kier molecular flexibility index (Phi) is 6.00. The number of carbonyl (C=O) groups is 1. The number of aromatic amines is 1. The van der Waals surface area contributed by atoms with Crippen molar-refractivity contribution in [2.75, 3.05) is 33.9 Å². The summed E-state index contributed by atoms with van der Waals surface area (Å²) in [5.41, 5.74) is 2.27. The van der Waals surface area contributed by atoms with Crippen LogP contribution in [0.15, 0.2) is 24.4 Å². The van der Waals surface area contributed by atoms with Crippen LogP contribution in [-0.2, 0) is 15.9 Å². The molecule has 2 atom stereocenters. The molecule has 0 spiro atoms. The van der Waals surface area contributed by atoms with Gasteiger partial charge < -0.3 is 29.2 Å². The molecule has 0 aliphatic carbocycles. The van der Waals surface area contributed by atoms with E-state index in [1.54, 1.807) is 0 Å². The smallest absolute Gasteiger partial charge is 0.490 e. The molecule has 2 aromatic rings. The lowest BCUT2D eigenvalue weighted by molar-refractivity contribution is -0.0709. The summed E-state index contributed by atoms with van der Waals surface area (Å²) in [4.78, 5) is 16.2. The van der Waals surface area contributed by atoms with Crippen LogP contribution < -0.4 is 4.74 Å². The molecule has 1 saturated heterocycles. The van der Waals surface area contributed by atoms with Gasteiger partial charge in [0.05, 0.1) is 12.7 Å². The zero-order valence-electron chi connectivity index (χ0n) is 15.2. The first-order chi connectivity index (χ1) is 12.5. The van der Waals surface area contributed by atoms with Gasteiger partial charge in [-0.05, 0) is 38.2 Å². The van der Waals surface area contributed by atoms with Gasteiger partial charge in [0.15, 0.2) is 0 Å². The third-order valence-corrected chi connectivity index (χ3v) is 4.59. The molecule has 7 heteroatoms. The highest BCUT2D eigenvalue weighted by Crippen LogP contribution is 2.30. The summed E-state index contributed by atoms with van der Waals surface area (Å²) in [5, 5.41) is 9.87. The molecule has 1 aromatic carbocycles. The minimum absolute atomic E-state index is 0.174. The van der Waals surface area contributed by atoms with E-state index < -0.39 is 6.16 Å². The highest BCUT2D eigenvalue weighted by molar-refractivity contribution is 5.89. The van der Waals surface area contributed by atoms with Crippen molar-refractivity contribution in [3.05, 3.63) is 30.0 Å². The Hall–Kier alpha value is -2.25. The fourth-order valence-electron chi connectivity index (χ4n) is 3.27. The van der Waals surface area contributed by atoms with Gasteiger partial charge in [-0.25, -0.2) is 4.79 Å². The van der Waals surface area contributed by atoms with Crippen molar-refractivity contribution in [1.29, 1.82) is 0 Å². The Morgan fingerprint density at radius 2 is 2.27 bits per heavy atom. The van der Waals surface area contributed by atoms with E-state index in [1.165, 1.54) is 5.56 Å². The number of likely N-dealkylation sites (N-methyl/N-ethyl adjacent to an activating group) is 1. The van der Waals surface area contributed by atoms with Crippen LogP contribution in [0.2, 0.25) is 0 Å². The lowest BCUT2D eigenvalue weighted by Crippen LogP contribution is -2.35. The van der Waals surface area contributed by atoms with Crippen molar-refractivity contribution in [3.63, 3.8) is 0 Å². The normalized spacial score (nSPS) is 20.4. The number of nitrogens with one attached hydrogen (secondary N) is 1. The van der Waals surface area contributed by atoms with Gasteiger partial charge in [0.1, 0.15) is 18.5 Å². The lowest BCUT2D eigenvalue weighted by Gasteiger charge is -2.28. The topological polar surface area (TPSA) is 84.0 Å². The molecular weight excluding hydrogens is 336 g/mol. The molecule has 26 heavy (non-hydrogen) atoms. The van der Waals surface area contributed by atoms with Gasteiger partial charge in [-0.2, -0.15) is 0 Å². The SMILES string of the molecule is CN(C)CCc1c[nH]c2cccc(OCC3CC(OC(=O)O)CCO3)c12. The van der Waals surface area contributed by atoms with Crippen LogP contribution in [0.4, 0.5) is 4.79 Å². The number of aromatic nitrogens is 1. The van der Waals surface area contributed by atoms with Crippen molar-refractivity contribution in [1.82, 2.24) is 9.88 Å². The number of ether oxygens (including phenoxy) is 3. The summed E-state index contributed by atoms with van der Waals surface area (Å²) >= 11 is 0. The third-order valence-electron chi connectivity index (χ3n) is 4.59. The maximum atomic E-state index is 10.7. The van der Waals surface area contributed by atoms with E-state index in [-0.39, 0.29) is 12.2 Å². The number of carboxylic acid groups (broad SMARTS) is 1. The van der Waals surface area contributed by atoms with Gasteiger partial charge in [0.25, 0.3) is 0 Å². The maximum Gasteiger partial charge on any atom is 0.506 e. The minimum Gasteiger partial charge on any atom is -0.490 e. The van der Waals surface area contributed by atoms with Gasteiger partial charge in [-0.3, -0.25) is 0 Å². The zero-order chi connectivity index (χ0) is 18.5. The molecule has 0 amide bonds. The predicted molar refractivity (Wildman–Crippen MR) is 97.9 cm³/mol. The molecule has 2 heterocycles. The van der Waals surface area contributed by atoms with E-state index in [9.17, 15) is 4.79 Å². The third kappa shape index (κ3) is 4.68. The highest BCUT2D eigenvalue weighted by atomic mass is 16.7. The average Bonchev–Trinajstić information content (AvgIpc) is 3.02. The Bertz CT molecular complexity index is 743. The summed E-state index contributed by atoms with van der Waals surface area (Å²) in [6, 6.07) is 5.96. The summed E-state index contributed by atoms with van der Waals surface area (Å²) in [5.74, 6) is 0.822. The molecule has 2 N–H and O–H groups in total. The van der Waals surface area contributed by atoms with Crippen LogP contribution in [0.1, 0.15) is 18.4 Å². The summed E-state index contributed by atoms with van der Waals surface area (Å²) in [6.07, 6.45) is 2.34. The average molecular weight is 362 g/mol. The van der Waals surface area contributed by atoms with Crippen LogP contribution in [0.25, 0.3) is 10.9 Å². The van der Waals surface area contributed by atoms with Crippen molar-refractivity contribution < 1.29 is 24.1 Å². The first-order valence-corrected chi connectivity index (χ1v) is 8.90. The number of rotatable bonds is 7. The van der Waals surface area contributed by atoms with E-state index in [2.05, 4.69) is 24.0 Å². The fourth-order valence-corrected chi connectivity index (χ4v) is 3.27. The Balaban J connectivity index is 1.66. The van der Waals surface area contributed by atoms with E-state index in [4.69, 9.17) is 19.3 Å². The Labute approximate surface area is 152 Å². The molecular formula is C19H26N2O5. The minimum atomic E-state index is -1.24. The molecule has 3 rings (SSSR count). The van der Waals surface area contributed by atoms with Crippen molar-refractivity contribution in [2.45, 2.75) is 31.5 Å². The van der Waals surface area contributed by atoms with Gasteiger partial charge in [0.2, 0.25) is 0 Å². The largest absolute Gasteiger partial charge is 0.506 e. The predicted octanol–water partition coefficient (Wildman–Crippen LogP) is 2.89. The zero-order valence-corrected chi connectivity index (χ0v) is 15.2. The lowest BCUT2D eigenvalue weighted by atomic mass is 10.1. The molecule has 0 radical (unpaired) electrons. The van der Waals surface area contributed by atoms with E-state index >= 15 is 0 Å². The Morgan fingerprint density at radius 1 is 1.42 bits per heavy atom. The summed E-state index contributed by atoms with van der Waals surface area (Å²) in [6.45, 7) is 1.81. The molecule has 1 aromatic heterocycles. The first kappa shape index (κ1) is 18.5. The molecule has 0 saturated carbocycles. The van der Waals surface area contributed by atoms with Crippen molar-refractivity contribution >= 4 is 17.1 Å². The number of hydrogen-bond donors (Lipinski definition) is 2. The number of nitrogens with zero attached hydrogens (tertiary/aromatic N) is 1. The molecule has 0 bridgehead atoms. The molecule has 1 aliphatic rings. The maximum absolute atomic E-state index is 10.7. The van der Waals surface area contributed by atoms with Crippen molar-refractivity contribution in [3.8, 4) is 5.75 Å². The second kappa shape index (κ2) is 8.42. The number of H-pyrrole nitrogens is 1. The molecule has 142 valence electrons. The summed E-state index contributed by atoms with van der Waals surface area (Å²) < 4.78 is 16.6. The van der Waals surface area contributed by atoms with Crippen LogP contribution in [0.3, 0.4) is 0 Å². The number of benzene rings is 1. The van der Waals surface area contributed by atoms with Crippen LogP contribution in [0.5, 0.6) is 5.75 Å². The second-order valence-corrected chi connectivity index (χ2v) is 6.88. The first-order valence-electron chi connectivity index (χ1n) is 8.90. The molecule has 7 nitrogen and oxygen atoms in total. The molecule has 1 aliphatic heterocycles. The monoisotopic (exact) mass is 362 g/mol. The molecule has 2 unspecified atom stereocenters. The fraction of sp³-hybridized carbons (Fsp3) is 0.526. The van der Waals surface area contributed by atoms with Gasteiger partial charge in [-0.15, -0.1) is 0 Å². The van der Waals surface area contributed by atoms with Gasteiger partial charge in [-0.1, -0.05) is 6.07 Å². The quantitative estimate of drug-likeness (QED) is 0.737. The van der Waals surface area contributed by atoms with Crippen LogP contribution in [0, 0.1) is 0 Å². The summed E-state index contributed by atoms with van der Waals surface area (Å²) in [7, 11) is 4.12. The number of hydrogen-bond acceptors (Lipinski definition) is 5. The van der Waals surface area contributed by atoms with Crippen molar-refractivity contribution in [2.24, 2.45) is 0 Å². The van der Waals surface area contributed by atoms with E-state index in [0.29, 0.717) is 26.1 Å². The van der Waals surface area contributed by atoms with Crippen LogP contribution >= 0.6 is 0 Å². The van der Waals surface area contributed by atoms with Gasteiger partial charge in [0, 0.05) is 36.5 Å². The van der Waals surface area contributed by atoms with E-state index in [1.807, 2.05) is 24.4 Å². The van der Waals surface area contributed by atoms with E-state index in [0.717, 1.165) is 29.6 Å². The molecule has 1 fully saturated rings. The Morgan fingerprint density at radius 3 is 3.04 bits per heavy atom. The second-order valence-electron chi connectivity index (χ2n) is 6.88. The standard InChI is InChI=1S/C19H26N2O5/c1-21(2)8-6-13-11-20-16-4-3-5-17(18(13)16)25-12-15-10-14(7-9-24-15)26-19(22)23/h3-5,11,14-15,20H,6-10,12H2,1-2H3,(H,22,23). The van der Waals surface area contributed by atoms with Crippen LogP contribution in [-0.4, -0.2) is 67.2 Å². The highest BCUT2D eigenvalue weighted by Gasteiger charge is 2.26. The number of fused-ring (bicyclic) bond motifs is 1.